The number of likely N-dealkylation sites (tertiary alicyclic amines) is 1. The predicted octanol–water partition coefficient (Wildman–Crippen LogP) is 2.14. The first-order valence-corrected chi connectivity index (χ1v) is 9.70. The van der Waals surface area contributed by atoms with Crippen LogP contribution in [0.5, 0.6) is 5.88 Å². The van der Waals surface area contributed by atoms with E-state index in [2.05, 4.69) is 16.4 Å². The molecule has 0 spiro atoms. The molecule has 1 aliphatic heterocycles. The van der Waals surface area contributed by atoms with E-state index in [1.807, 2.05) is 31.0 Å². The summed E-state index contributed by atoms with van der Waals surface area (Å²) in [5, 5.41) is 13.5. The molecule has 6 nitrogen and oxygen atoms in total. The van der Waals surface area contributed by atoms with Crippen LogP contribution in [0.1, 0.15) is 51.1 Å². The highest BCUT2D eigenvalue weighted by molar-refractivity contribution is 5.78. The summed E-state index contributed by atoms with van der Waals surface area (Å²) < 4.78 is 5.16. The Kier molecular flexibility index (Phi) is 6.14. The number of aromatic nitrogens is 1. The maximum Gasteiger partial charge on any atom is 0.225 e. The molecule has 2 heterocycles. The number of hydrogen-bond donors (Lipinski definition) is 2. The number of hydrogen-bond acceptors (Lipinski definition) is 5. The molecule has 0 aromatic carbocycles. The second-order valence-corrected chi connectivity index (χ2v) is 7.92. The highest BCUT2D eigenvalue weighted by Crippen LogP contribution is 2.39. The van der Waals surface area contributed by atoms with E-state index in [1.165, 1.54) is 0 Å². The van der Waals surface area contributed by atoms with Gasteiger partial charge < -0.3 is 20.1 Å². The summed E-state index contributed by atoms with van der Waals surface area (Å²) in [4.78, 5) is 18.5. The summed E-state index contributed by atoms with van der Waals surface area (Å²) in [6.07, 6.45) is 5.28. The Balaban J connectivity index is 1.62. The van der Waals surface area contributed by atoms with Crippen LogP contribution in [0.3, 0.4) is 0 Å². The lowest BCUT2D eigenvalue weighted by Crippen LogP contribution is -2.49. The molecule has 2 fully saturated rings. The fourth-order valence-electron chi connectivity index (χ4n) is 3.99. The van der Waals surface area contributed by atoms with Crippen LogP contribution < -0.4 is 10.1 Å². The molecule has 0 unspecified atom stereocenters. The van der Waals surface area contributed by atoms with Crippen LogP contribution in [-0.2, 0) is 4.79 Å². The van der Waals surface area contributed by atoms with Gasteiger partial charge in [0.25, 0.3) is 0 Å². The van der Waals surface area contributed by atoms with Gasteiger partial charge in [-0.2, -0.15) is 0 Å². The van der Waals surface area contributed by atoms with Crippen molar-refractivity contribution in [2.75, 3.05) is 20.2 Å². The van der Waals surface area contributed by atoms with Gasteiger partial charge in [0.15, 0.2) is 0 Å². The van der Waals surface area contributed by atoms with Gasteiger partial charge in [-0.1, -0.05) is 19.9 Å². The molecule has 1 aliphatic carbocycles. The summed E-state index contributed by atoms with van der Waals surface area (Å²) in [5.41, 5.74) is 1.14. The molecular formula is C20H31N3O3. The molecule has 1 saturated carbocycles. The molecule has 1 saturated heterocycles. The van der Waals surface area contributed by atoms with Crippen molar-refractivity contribution in [3.63, 3.8) is 0 Å². The van der Waals surface area contributed by atoms with Crippen LogP contribution >= 0.6 is 0 Å². The van der Waals surface area contributed by atoms with Crippen molar-refractivity contribution in [2.45, 2.75) is 57.7 Å². The van der Waals surface area contributed by atoms with Crippen molar-refractivity contribution in [1.29, 1.82) is 0 Å². The molecule has 0 bridgehead atoms. The number of nitrogens with zero attached hydrogens (tertiary/aromatic N) is 2. The van der Waals surface area contributed by atoms with Gasteiger partial charge in [-0.3, -0.25) is 4.79 Å². The lowest BCUT2D eigenvalue weighted by Gasteiger charge is -2.42. The lowest BCUT2D eigenvalue weighted by molar-refractivity contribution is -0.135. The minimum Gasteiger partial charge on any atom is -0.481 e. The van der Waals surface area contributed by atoms with Gasteiger partial charge in [-0.05, 0) is 37.2 Å². The summed E-state index contributed by atoms with van der Waals surface area (Å²) in [6, 6.07) is 4.53. The molecule has 1 amide bonds. The molecule has 26 heavy (non-hydrogen) atoms. The zero-order valence-corrected chi connectivity index (χ0v) is 16.0. The minimum absolute atomic E-state index is 0.0640. The molecular weight excluding hydrogens is 330 g/mol. The Morgan fingerprint density at radius 2 is 2.00 bits per heavy atom. The van der Waals surface area contributed by atoms with E-state index in [1.54, 1.807) is 7.11 Å². The van der Waals surface area contributed by atoms with E-state index < -0.39 is 0 Å². The SMILES string of the molecule is COc1ccc([C@@H](NC2CCN(C(=O)C(C)C)CC2)C2CC(O)C2)cn1. The van der Waals surface area contributed by atoms with Crippen LogP contribution in [0.25, 0.3) is 0 Å². The average Bonchev–Trinajstić information content (AvgIpc) is 2.64. The highest BCUT2D eigenvalue weighted by atomic mass is 16.5. The van der Waals surface area contributed by atoms with Gasteiger partial charge in [-0.25, -0.2) is 4.98 Å². The zero-order chi connectivity index (χ0) is 18.7. The van der Waals surface area contributed by atoms with Gasteiger partial charge in [0.1, 0.15) is 0 Å². The fourth-order valence-corrected chi connectivity index (χ4v) is 3.99. The third kappa shape index (κ3) is 4.35. The second-order valence-electron chi connectivity index (χ2n) is 7.92. The molecule has 3 rings (SSSR count). The van der Waals surface area contributed by atoms with E-state index in [-0.39, 0.29) is 24.0 Å². The van der Waals surface area contributed by atoms with Gasteiger partial charge >= 0.3 is 0 Å². The normalized spacial score (nSPS) is 25.0. The number of nitrogens with one attached hydrogen (secondary N) is 1. The second kappa shape index (κ2) is 8.35. The highest BCUT2D eigenvalue weighted by Gasteiger charge is 2.36. The van der Waals surface area contributed by atoms with Gasteiger partial charge in [0.05, 0.1) is 13.2 Å². The van der Waals surface area contributed by atoms with Gasteiger partial charge in [-0.15, -0.1) is 0 Å². The Morgan fingerprint density at radius 3 is 2.50 bits per heavy atom. The van der Waals surface area contributed by atoms with E-state index >= 15 is 0 Å². The number of carbonyl (C=O) groups is 1. The standard InChI is InChI=1S/C20H31N3O3/c1-13(2)20(25)23-8-6-16(7-9-23)22-19(15-10-17(24)11-15)14-4-5-18(26-3)21-12-14/h4-5,12-13,15-17,19,22,24H,6-11H2,1-3H3/t15?,17?,19-/m1/s1. The third-order valence-corrected chi connectivity index (χ3v) is 5.66. The summed E-state index contributed by atoms with van der Waals surface area (Å²) in [6.45, 7) is 5.55. The Labute approximate surface area is 155 Å². The monoisotopic (exact) mass is 361 g/mol. The first-order valence-electron chi connectivity index (χ1n) is 9.70. The van der Waals surface area contributed by atoms with Crippen LogP contribution in [0.15, 0.2) is 18.3 Å². The molecule has 2 N–H and O–H groups in total. The van der Waals surface area contributed by atoms with Gasteiger partial charge in [0.2, 0.25) is 11.8 Å². The lowest BCUT2D eigenvalue weighted by atomic mass is 9.75. The summed E-state index contributed by atoms with van der Waals surface area (Å²) in [5.74, 6) is 1.35. The molecule has 0 radical (unpaired) electrons. The smallest absolute Gasteiger partial charge is 0.225 e. The van der Waals surface area contributed by atoms with E-state index in [0.29, 0.717) is 17.8 Å². The van der Waals surface area contributed by atoms with Crippen LogP contribution in [0, 0.1) is 11.8 Å². The maximum atomic E-state index is 12.2. The molecule has 1 aromatic rings. The van der Waals surface area contributed by atoms with Crippen LogP contribution in [0.4, 0.5) is 0 Å². The van der Waals surface area contributed by atoms with Crippen molar-refractivity contribution in [3.05, 3.63) is 23.9 Å². The summed E-state index contributed by atoms with van der Waals surface area (Å²) in [7, 11) is 1.62. The van der Waals surface area contributed by atoms with E-state index in [9.17, 15) is 9.90 Å². The number of carbonyl (C=O) groups excluding carboxylic acids is 1. The average molecular weight is 361 g/mol. The van der Waals surface area contributed by atoms with Crippen molar-refractivity contribution in [3.8, 4) is 5.88 Å². The van der Waals surface area contributed by atoms with E-state index in [4.69, 9.17) is 4.74 Å². The Bertz CT molecular complexity index is 591. The molecule has 2 aliphatic rings. The van der Waals surface area contributed by atoms with Crippen LogP contribution in [0.2, 0.25) is 0 Å². The number of amides is 1. The summed E-state index contributed by atoms with van der Waals surface area (Å²) >= 11 is 0. The minimum atomic E-state index is -0.180. The van der Waals surface area contributed by atoms with E-state index in [0.717, 1.165) is 44.3 Å². The predicted molar refractivity (Wildman–Crippen MR) is 99.8 cm³/mol. The topological polar surface area (TPSA) is 74.7 Å². The largest absolute Gasteiger partial charge is 0.481 e. The number of piperidine rings is 1. The maximum absolute atomic E-state index is 12.2. The molecule has 144 valence electrons. The van der Waals surface area contributed by atoms with Crippen LogP contribution in [-0.4, -0.2) is 53.2 Å². The number of ether oxygens (including phenoxy) is 1. The van der Waals surface area contributed by atoms with Gasteiger partial charge in [0, 0.05) is 43.4 Å². The van der Waals surface area contributed by atoms with Crippen molar-refractivity contribution >= 4 is 5.91 Å². The van der Waals surface area contributed by atoms with Crippen molar-refractivity contribution < 1.29 is 14.6 Å². The Morgan fingerprint density at radius 1 is 1.31 bits per heavy atom. The quantitative estimate of drug-likeness (QED) is 0.812. The number of aliphatic hydroxyl groups excluding tert-OH is 1. The van der Waals surface area contributed by atoms with Crippen molar-refractivity contribution in [1.82, 2.24) is 15.2 Å². The third-order valence-electron chi connectivity index (χ3n) is 5.66. The number of pyridine rings is 1. The number of aliphatic hydroxyl groups is 1. The molecule has 1 aromatic heterocycles. The molecule has 1 atom stereocenters. The molecule has 6 heteroatoms. The Hall–Kier alpha value is -1.66. The fraction of sp³-hybridized carbons (Fsp3) is 0.700. The zero-order valence-electron chi connectivity index (χ0n) is 16.0. The number of rotatable bonds is 6. The van der Waals surface area contributed by atoms with Crippen molar-refractivity contribution in [2.24, 2.45) is 11.8 Å². The first-order chi connectivity index (χ1) is 12.5. The number of methoxy groups -OCH3 is 1. The first kappa shape index (κ1) is 19.1.